The first-order chi connectivity index (χ1) is 21.1. The maximum Gasteiger partial charge on any atom is 0.331 e. The number of halogens is 2. The minimum atomic E-state index is -0.705. The topological polar surface area (TPSA) is 103 Å². The van der Waals surface area contributed by atoms with Crippen LogP contribution in [0.2, 0.25) is 5.02 Å². The van der Waals surface area contributed by atoms with Crippen molar-refractivity contribution in [2.45, 2.75) is 51.2 Å². The number of nitrogens with zero attached hydrogens (tertiary/aromatic N) is 4. The molecule has 5 rings (SSSR count). The Morgan fingerprint density at radius 3 is 2.50 bits per heavy atom. The number of carbonyl (C=O) groups is 2. The second kappa shape index (κ2) is 13.4. The molecule has 1 aromatic heterocycles. The van der Waals surface area contributed by atoms with E-state index in [1.54, 1.807) is 18.9 Å². The van der Waals surface area contributed by atoms with Crippen molar-refractivity contribution in [3.05, 3.63) is 85.4 Å². The molecule has 1 saturated heterocycles. The molecule has 44 heavy (non-hydrogen) atoms. The monoisotopic (exact) mass is 626 g/mol. The van der Waals surface area contributed by atoms with Crippen molar-refractivity contribution in [1.82, 2.24) is 18.9 Å². The number of hydrogen-bond donors (Lipinski definition) is 0. The Labute approximate surface area is 259 Å². The number of benzene rings is 2. The van der Waals surface area contributed by atoms with Gasteiger partial charge in [0, 0.05) is 44.5 Å². The second-order valence-corrected chi connectivity index (χ2v) is 11.7. The summed E-state index contributed by atoms with van der Waals surface area (Å²) in [6.45, 7) is 2.85. The minimum absolute atomic E-state index is 0.00172. The van der Waals surface area contributed by atoms with E-state index in [2.05, 4.69) is 0 Å². The van der Waals surface area contributed by atoms with Crippen LogP contribution in [0.4, 0.5) is 4.39 Å². The van der Waals surface area contributed by atoms with Gasteiger partial charge < -0.3 is 19.3 Å². The summed E-state index contributed by atoms with van der Waals surface area (Å²) in [7, 11) is 3.08. The first-order valence-corrected chi connectivity index (χ1v) is 15.0. The predicted molar refractivity (Wildman–Crippen MR) is 164 cm³/mol. The van der Waals surface area contributed by atoms with Crippen molar-refractivity contribution in [3.63, 3.8) is 0 Å². The van der Waals surface area contributed by atoms with Crippen LogP contribution in [-0.4, -0.2) is 77.3 Å². The van der Waals surface area contributed by atoms with E-state index in [1.165, 1.54) is 36.1 Å². The summed E-state index contributed by atoms with van der Waals surface area (Å²) in [6.07, 6.45) is 3.56. The molecular formula is C32H36ClFN4O6. The Bertz CT molecular complexity index is 1680. The van der Waals surface area contributed by atoms with Crippen molar-refractivity contribution in [2.24, 2.45) is 0 Å². The molecule has 0 N–H and O–H groups in total. The molecule has 234 valence electrons. The van der Waals surface area contributed by atoms with Gasteiger partial charge in [-0.15, -0.1) is 0 Å². The third-order valence-corrected chi connectivity index (χ3v) is 8.92. The third kappa shape index (κ3) is 6.30. The van der Waals surface area contributed by atoms with Crippen molar-refractivity contribution in [3.8, 4) is 16.9 Å². The molecule has 0 unspecified atom stereocenters. The van der Waals surface area contributed by atoms with Gasteiger partial charge in [-0.1, -0.05) is 29.8 Å². The molecule has 0 radical (unpaired) electrons. The molecule has 1 fully saturated rings. The van der Waals surface area contributed by atoms with Crippen LogP contribution in [0.3, 0.4) is 0 Å². The lowest BCUT2D eigenvalue weighted by molar-refractivity contribution is -0.136. The Balaban J connectivity index is 1.32. The minimum Gasteiger partial charge on any atom is -0.497 e. The zero-order valence-corrected chi connectivity index (χ0v) is 25.8. The van der Waals surface area contributed by atoms with Crippen molar-refractivity contribution >= 4 is 23.4 Å². The average Bonchev–Trinajstić information content (AvgIpc) is 3.17. The van der Waals surface area contributed by atoms with E-state index in [1.807, 2.05) is 23.1 Å². The number of ether oxygens (including phenoxy) is 2. The first kappa shape index (κ1) is 31.5. The number of aromatic nitrogens is 2. The van der Waals surface area contributed by atoms with Gasteiger partial charge in [-0.25, -0.2) is 9.18 Å². The summed E-state index contributed by atoms with van der Waals surface area (Å²) in [5, 5.41) is -0.251. The van der Waals surface area contributed by atoms with E-state index >= 15 is 0 Å². The molecule has 2 aromatic carbocycles. The maximum absolute atomic E-state index is 14.3. The number of likely N-dealkylation sites (tertiary alicyclic amines) is 1. The molecule has 12 heteroatoms. The van der Waals surface area contributed by atoms with Gasteiger partial charge in [0.1, 0.15) is 18.1 Å². The fraction of sp³-hybridized carbons (Fsp3) is 0.438. The summed E-state index contributed by atoms with van der Waals surface area (Å²) < 4.78 is 27.0. The molecule has 2 aliphatic rings. The van der Waals surface area contributed by atoms with Crippen LogP contribution >= 0.6 is 11.6 Å². The van der Waals surface area contributed by atoms with Gasteiger partial charge in [0.05, 0.1) is 36.8 Å². The van der Waals surface area contributed by atoms with E-state index in [0.29, 0.717) is 38.9 Å². The van der Waals surface area contributed by atoms with Crippen LogP contribution < -0.4 is 16.0 Å². The average molecular weight is 627 g/mol. The van der Waals surface area contributed by atoms with Crippen LogP contribution in [-0.2, 0) is 33.7 Å². The molecule has 10 nitrogen and oxygen atoms in total. The molecule has 1 atom stereocenters. The van der Waals surface area contributed by atoms with Crippen LogP contribution in [0, 0.1) is 5.82 Å². The zero-order valence-electron chi connectivity index (χ0n) is 25.1. The van der Waals surface area contributed by atoms with Crippen molar-refractivity contribution in [1.29, 1.82) is 0 Å². The fourth-order valence-corrected chi connectivity index (χ4v) is 6.39. The fourth-order valence-electron chi connectivity index (χ4n) is 6.16. The van der Waals surface area contributed by atoms with Gasteiger partial charge in [-0.2, -0.15) is 0 Å². The summed E-state index contributed by atoms with van der Waals surface area (Å²) >= 11 is 6.21. The molecule has 2 aliphatic heterocycles. The SMILES string of the molecule is COC[C@H](C)n1c(=O)c(-c2cccc(F)c2Cl)cn(CC(=O)N2CCC(N3CCc4cc(OC)ccc4CC3=O)CC2)c1=O. The number of amides is 2. The normalized spacial score (nSPS) is 16.4. The highest BCUT2D eigenvalue weighted by Gasteiger charge is 2.32. The lowest BCUT2D eigenvalue weighted by atomic mass is 10.0. The molecule has 0 saturated carbocycles. The Morgan fingerprint density at radius 1 is 1.05 bits per heavy atom. The van der Waals surface area contributed by atoms with E-state index in [-0.39, 0.29) is 47.2 Å². The number of piperidine rings is 1. The molecule has 3 aromatic rings. The Hall–Kier alpha value is -3.96. The van der Waals surface area contributed by atoms with Gasteiger partial charge in [0.15, 0.2) is 0 Å². The molecule has 2 amide bonds. The largest absolute Gasteiger partial charge is 0.497 e. The molecule has 0 bridgehead atoms. The molecule has 0 spiro atoms. The van der Waals surface area contributed by atoms with Crippen molar-refractivity contribution in [2.75, 3.05) is 40.5 Å². The first-order valence-electron chi connectivity index (χ1n) is 14.6. The van der Waals surface area contributed by atoms with E-state index in [0.717, 1.165) is 27.9 Å². The molecule has 3 heterocycles. The Morgan fingerprint density at radius 2 is 1.80 bits per heavy atom. The quantitative estimate of drug-likeness (QED) is 0.380. The van der Waals surface area contributed by atoms with Crippen LogP contribution in [0.1, 0.15) is 36.9 Å². The number of rotatable bonds is 8. The lowest BCUT2D eigenvalue weighted by Gasteiger charge is -2.38. The maximum atomic E-state index is 14.3. The number of hydrogen-bond acceptors (Lipinski definition) is 6. The van der Waals surface area contributed by atoms with Gasteiger partial charge >= 0.3 is 5.69 Å². The van der Waals surface area contributed by atoms with Crippen molar-refractivity contribution < 1.29 is 23.5 Å². The summed E-state index contributed by atoms with van der Waals surface area (Å²) in [6, 6.07) is 9.26. The number of carbonyl (C=O) groups excluding carboxylic acids is 2. The lowest BCUT2D eigenvalue weighted by Crippen LogP contribution is -2.50. The van der Waals surface area contributed by atoms with Gasteiger partial charge in [0.2, 0.25) is 11.8 Å². The van der Waals surface area contributed by atoms with E-state index in [4.69, 9.17) is 21.1 Å². The smallest absolute Gasteiger partial charge is 0.331 e. The Kier molecular flexibility index (Phi) is 9.55. The highest BCUT2D eigenvalue weighted by atomic mass is 35.5. The second-order valence-electron chi connectivity index (χ2n) is 11.3. The summed E-state index contributed by atoms with van der Waals surface area (Å²) in [5.74, 6) is -0.164. The van der Waals surface area contributed by atoms with Gasteiger partial charge in [-0.05, 0) is 55.5 Å². The number of methoxy groups -OCH3 is 2. The highest BCUT2D eigenvalue weighted by molar-refractivity contribution is 6.33. The highest BCUT2D eigenvalue weighted by Crippen LogP contribution is 2.28. The summed E-state index contributed by atoms with van der Waals surface area (Å²) in [4.78, 5) is 57.2. The molecule has 0 aliphatic carbocycles. The number of fused-ring (bicyclic) bond motifs is 1. The van der Waals surface area contributed by atoms with Crippen LogP contribution in [0.15, 0.2) is 52.2 Å². The standard InChI is InChI=1S/C32H36ClFN4O6/c1-20(19-43-2)38-31(41)26(25-5-4-6-27(34)30(25)33)17-36(32(38)42)18-29(40)35-12-10-23(11-13-35)37-14-9-22-15-24(44-3)8-7-21(22)16-28(37)39/h4-8,15,17,20,23H,9-14,16,18-19H2,1-3H3/t20-/m0/s1. The van der Waals surface area contributed by atoms with E-state index < -0.39 is 23.1 Å². The predicted octanol–water partition coefficient (Wildman–Crippen LogP) is 3.30. The summed E-state index contributed by atoms with van der Waals surface area (Å²) in [5.41, 5.74) is 0.918. The van der Waals surface area contributed by atoms with Gasteiger partial charge in [-0.3, -0.25) is 23.5 Å². The zero-order chi connectivity index (χ0) is 31.5. The van der Waals surface area contributed by atoms with E-state index in [9.17, 15) is 23.6 Å². The van der Waals surface area contributed by atoms with Crippen LogP contribution in [0.25, 0.3) is 11.1 Å². The third-order valence-electron chi connectivity index (χ3n) is 8.54. The van der Waals surface area contributed by atoms with Gasteiger partial charge in [0.25, 0.3) is 5.56 Å². The van der Waals surface area contributed by atoms with Crippen LogP contribution in [0.5, 0.6) is 5.75 Å². The molecular weight excluding hydrogens is 591 g/mol.